The molecule has 0 amide bonds. The van der Waals surface area contributed by atoms with Crippen LogP contribution in [0, 0.1) is 0 Å². The molecule has 0 aliphatic heterocycles. The second-order valence-electron chi connectivity index (χ2n) is 12.8. The van der Waals surface area contributed by atoms with Gasteiger partial charge in [-0.2, -0.15) is 0 Å². The van der Waals surface area contributed by atoms with Crippen molar-refractivity contribution in [3.05, 3.63) is 131 Å². The van der Waals surface area contributed by atoms with Crippen LogP contribution in [-0.4, -0.2) is 62.4 Å². The van der Waals surface area contributed by atoms with Crippen LogP contribution in [0.4, 0.5) is 5.82 Å². The normalized spacial score (nSPS) is 13.1. The number of sulfonamides is 1. The number of anilines is 1. The Morgan fingerprint density at radius 3 is 1.44 bits per heavy atom. The fourth-order valence-electron chi connectivity index (χ4n) is 4.87. The van der Waals surface area contributed by atoms with Gasteiger partial charge in [0.2, 0.25) is 23.1 Å². The van der Waals surface area contributed by atoms with Crippen LogP contribution >= 0.6 is 34.8 Å². The van der Waals surface area contributed by atoms with Crippen molar-refractivity contribution >= 4 is 50.6 Å². The van der Waals surface area contributed by atoms with E-state index in [1.165, 1.54) is 61.2 Å². The Morgan fingerprint density at radius 1 is 0.559 bits per heavy atom. The lowest BCUT2D eigenvalue weighted by Gasteiger charge is -2.19. The summed E-state index contributed by atoms with van der Waals surface area (Å²) in [6, 6.07) is 21.8. The van der Waals surface area contributed by atoms with E-state index < -0.39 is 24.1 Å². The molecule has 0 atom stereocenters. The largest absolute Gasteiger partial charge is 0.493 e. The van der Waals surface area contributed by atoms with Gasteiger partial charge in [-0.1, -0.05) is 92.0 Å². The highest BCUT2D eigenvalue weighted by molar-refractivity contribution is 7.92. The molecule has 7 rings (SSSR count). The standard InChI is InChI=1S/C25H24ClN5O4S.C15H10Cl2N4O2/c1-25(2,3)16-10-12-17(13-11-16)36(32,33)31-22-20(35-19-9-6-5-8-18(19)34-4)21(26)29-24(30-22)23-27-14-7-15-28-23;1-22-9-5-2-3-6-10(9)23-11-12(16)20-15(21-13(11)17)14-18-7-4-8-19-14/h5-15H,1-4H3,(H,29,30,31);2-8H,1H3/i4D3;1D3. The van der Waals surface area contributed by atoms with Crippen LogP contribution in [-0.2, 0) is 15.4 Å². The highest BCUT2D eigenvalue weighted by Gasteiger charge is 2.25. The minimum absolute atomic E-state index is 0.00453. The molecule has 7 aromatic rings. The molecular weight excluding hydrogens is 841 g/mol. The van der Waals surface area contributed by atoms with Crippen molar-refractivity contribution in [1.29, 1.82) is 0 Å². The molecule has 0 spiro atoms. The van der Waals surface area contributed by atoms with Crippen molar-refractivity contribution in [1.82, 2.24) is 39.9 Å². The number of nitrogens with one attached hydrogen (secondary N) is 1. The van der Waals surface area contributed by atoms with E-state index in [9.17, 15) is 8.42 Å². The van der Waals surface area contributed by atoms with Crippen LogP contribution in [0.1, 0.15) is 34.6 Å². The zero-order chi connectivity index (χ0) is 47.2. The van der Waals surface area contributed by atoms with Crippen LogP contribution in [0.25, 0.3) is 23.3 Å². The number of rotatable bonds is 11. The Kier molecular flexibility index (Phi) is 11.0. The summed E-state index contributed by atoms with van der Waals surface area (Å²) in [5, 5.41) is -0.454. The van der Waals surface area contributed by atoms with Gasteiger partial charge in [-0.3, -0.25) is 4.72 Å². The van der Waals surface area contributed by atoms with E-state index in [4.69, 9.17) is 62.0 Å². The van der Waals surface area contributed by atoms with Gasteiger partial charge in [0.1, 0.15) is 0 Å². The maximum atomic E-state index is 13.4. The van der Waals surface area contributed by atoms with E-state index in [-0.39, 0.29) is 89.4 Å². The molecule has 302 valence electrons. The third-order valence-corrected chi connectivity index (χ3v) is 9.87. The highest BCUT2D eigenvalue weighted by Crippen LogP contribution is 2.41. The first-order chi connectivity index (χ1) is 30.6. The van der Waals surface area contributed by atoms with Crippen molar-refractivity contribution in [2.24, 2.45) is 0 Å². The Balaban J connectivity index is 0.000000233. The first kappa shape index (κ1) is 34.8. The van der Waals surface area contributed by atoms with E-state index in [1.54, 1.807) is 48.5 Å². The lowest BCUT2D eigenvalue weighted by atomic mass is 9.87. The molecule has 0 unspecified atom stereocenters. The quantitative estimate of drug-likeness (QED) is 0.121. The van der Waals surface area contributed by atoms with Gasteiger partial charge in [0.05, 0.1) is 27.2 Å². The zero-order valence-corrected chi connectivity index (χ0v) is 34.0. The first-order valence-corrected chi connectivity index (χ1v) is 19.6. The topological polar surface area (TPSA) is 186 Å². The van der Waals surface area contributed by atoms with Crippen LogP contribution in [0.5, 0.6) is 34.5 Å². The van der Waals surface area contributed by atoms with Crippen LogP contribution in [0.2, 0.25) is 15.5 Å². The summed E-state index contributed by atoms with van der Waals surface area (Å²) in [4.78, 5) is 32.8. The summed E-state index contributed by atoms with van der Waals surface area (Å²) in [6.45, 7) is 6.05. The number of benzene rings is 3. The molecule has 0 aliphatic rings. The summed E-state index contributed by atoms with van der Waals surface area (Å²) in [5.74, 6) is -0.353. The van der Waals surface area contributed by atoms with Gasteiger partial charge in [0.15, 0.2) is 55.9 Å². The number of nitrogens with zero attached hydrogens (tertiary/aromatic N) is 8. The van der Waals surface area contributed by atoms with Gasteiger partial charge < -0.3 is 18.9 Å². The Morgan fingerprint density at radius 2 is 0.983 bits per heavy atom. The molecule has 19 heteroatoms. The molecule has 0 saturated heterocycles. The Hall–Kier alpha value is -6.20. The van der Waals surface area contributed by atoms with Crippen molar-refractivity contribution in [3.63, 3.8) is 0 Å². The van der Waals surface area contributed by atoms with E-state index >= 15 is 0 Å². The van der Waals surface area contributed by atoms with Gasteiger partial charge in [0, 0.05) is 24.8 Å². The van der Waals surface area contributed by atoms with Gasteiger partial charge in [-0.15, -0.1) is 0 Å². The van der Waals surface area contributed by atoms with E-state index in [2.05, 4.69) is 44.6 Å². The number of ether oxygens (including phenoxy) is 4. The minimum atomic E-state index is -4.19. The Bertz CT molecular complexity index is 2860. The minimum Gasteiger partial charge on any atom is -0.493 e. The molecule has 0 saturated carbocycles. The maximum absolute atomic E-state index is 13.4. The maximum Gasteiger partial charge on any atom is 0.263 e. The lowest BCUT2D eigenvalue weighted by Crippen LogP contribution is -2.17. The molecule has 0 radical (unpaired) electrons. The highest BCUT2D eigenvalue weighted by atomic mass is 35.5. The summed E-state index contributed by atoms with van der Waals surface area (Å²) in [5.41, 5.74) is 0.774. The molecule has 0 bridgehead atoms. The molecule has 59 heavy (non-hydrogen) atoms. The summed E-state index contributed by atoms with van der Waals surface area (Å²) in [6.07, 6.45) is 5.99. The van der Waals surface area contributed by atoms with E-state index in [1.807, 2.05) is 20.8 Å². The molecule has 15 nitrogen and oxygen atoms in total. The smallest absolute Gasteiger partial charge is 0.263 e. The van der Waals surface area contributed by atoms with Gasteiger partial charge in [-0.05, 0) is 59.5 Å². The number of hydrogen-bond acceptors (Lipinski definition) is 14. The van der Waals surface area contributed by atoms with Gasteiger partial charge >= 0.3 is 0 Å². The van der Waals surface area contributed by atoms with E-state index in [0.29, 0.717) is 0 Å². The first-order valence-electron chi connectivity index (χ1n) is 20.0. The third kappa shape index (κ3) is 10.5. The van der Waals surface area contributed by atoms with Crippen LogP contribution in [0.15, 0.2) is 115 Å². The Labute approximate surface area is 363 Å². The van der Waals surface area contributed by atoms with Gasteiger partial charge in [-0.25, -0.2) is 48.3 Å². The van der Waals surface area contributed by atoms with Crippen LogP contribution < -0.4 is 23.7 Å². The molecule has 3 aromatic carbocycles. The summed E-state index contributed by atoms with van der Waals surface area (Å²) >= 11 is 18.8. The molecule has 4 heterocycles. The molecule has 1 N–H and O–H groups in total. The second kappa shape index (κ2) is 18.6. The van der Waals surface area contributed by atoms with Crippen molar-refractivity contribution in [2.75, 3.05) is 18.8 Å². The van der Waals surface area contributed by atoms with Crippen LogP contribution in [0.3, 0.4) is 0 Å². The van der Waals surface area contributed by atoms with Gasteiger partial charge in [0.25, 0.3) is 10.0 Å². The monoisotopic (exact) mass is 879 g/mol. The molecular formula is C40H34Cl3N9O6S. The average molecular weight is 881 g/mol. The van der Waals surface area contributed by atoms with Crippen molar-refractivity contribution < 1.29 is 35.6 Å². The SMILES string of the molecule is [2H]C([2H])([2H])Oc1ccccc1Oc1c(Cl)nc(-c2ncccn2)nc1Cl.[2H]C([2H])([2H])Oc1ccccc1Oc1c(Cl)nc(-c2ncccn2)nc1NS(=O)(=O)c1ccc(C(C)(C)C)cc1. The lowest BCUT2D eigenvalue weighted by molar-refractivity contribution is 0.378. The summed E-state index contributed by atoms with van der Waals surface area (Å²) in [7, 11) is -9.59. The molecule has 4 aromatic heterocycles. The molecule has 0 fully saturated rings. The fourth-order valence-corrected chi connectivity index (χ4v) is 6.55. The number of para-hydroxylation sites is 4. The number of halogens is 3. The predicted molar refractivity (Wildman–Crippen MR) is 223 cm³/mol. The predicted octanol–water partition coefficient (Wildman–Crippen LogP) is 9.53. The fraction of sp³-hybridized carbons (Fsp3) is 0.150. The molecule has 0 aliphatic carbocycles. The second-order valence-corrected chi connectivity index (χ2v) is 15.6. The number of methoxy groups -OCH3 is 2. The van der Waals surface area contributed by atoms with Crippen molar-refractivity contribution in [2.45, 2.75) is 31.1 Å². The summed E-state index contributed by atoms with van der Waals surface area (Å²) < 4.78 is 94.5. The number of hydrogen-bond donors (Lipinski definition) is 1. The van der Waals surface area contributed by atoms with E-state index in [0.717, 1.165) is 5.56 Å². The average Bonchev–Trinajstić information content (AvgIpc) is 3.24. The number of aromatic nitrogens is 8. The zero-order valence-electron chi connectivity index (χ0n) is 37.0. The van der Waals surface area contributed by atoms with Crippen molar-refractivity contribution in [3.8, 4) is 57.8 Å². The third-order valence-electron chi connectivity index (χ3n) is 7.74.